The number of morpholine rings is 1. The van der Waals surface area contributed by atoms with Crippen LogP contribution in [0.1, 0.15) is 13.8 Å². The normalized spacial score (nSPS) is 22.4. The minimum absolute atomic E-state index is 0.00667. The van der Waals surface area contributed by atoms with E-state index < -0.39 is 0 Å². The molecule has 7 heteroatoms. The molecule has 6 nitrogen and oxygen atoms in total. The van der Waals surface area contributed by atoms with Crippen molar-refractivity contribution in [2.75, 3.05) is 30.3 Å². The number of thiophene rings is 1. The van der Waals surface area contributed by atoms with E-state index in [0.29, 0.717) is 13.1 Å². The average Bonchev–Trinajstić information content (AvgIpc) is 2.83. The summed E-state index contributed by atoms with van der Waals surface area (Å²) in [5.74, 6) is 1.10. The van der Waals surface area contributed by atoms with Crippen LogP contribution in [0.5, 0.6) is 0 Å². The van der Waals surface area contributed by atoms with Crippen molar-refractivity contribution >= 4 is 33.3 Å². The number of aromatic nitrogens is 2. The molecule has 20 heavy (non-hydrogen) atoms. The maximum absolute atomic E-state index is 9.41. The predicted octanol–water partition coefficient (Wildman–Crippen LogP) is 1.25. The van der Waals surface area contributed by atoms with Crippen molar-refractivity contribution in [3.63, 3.8) is 0 Å². The minimum Gasteiger partial charge on any atom is -0.394 e. The molecular formula is C13H18N4O2S. The van der Waals surface area contributed by atoms with Crippen LogP contribution in [0, 0.1) is 0 Å². The van der Waals surface area contributed by atoms with Gasteiger partial charge in [-0.15, -0.1) is 11.3 Å². The fourth-order valence-electron chi connectivity index (χ4n) is 2.65. The molecular weight excluding hydrogens is 276 g/mol. The molecule has 1 atom stereocenters. The molecule has 1 fully saturated rings. The highest BCUT2D eigenvalue weighted by Crippen LogP contribution is 2.32. The summed E-state index contributed by atoms with van der Waals surface area (Å²) in [7, 11) is 0. The summed E-state index contributed by atoms with van der Waals surface area (Å²) in [6.45, 7) is 5.31. The van der Waals surface area contributed by atoms with Gasteiger partial charge in [-0.1, -0.05) is 0 Å². The molecule has 3 N–H and O–H groups in total. The summed E-state index contributed by atoms with van der Waals surface area (Å²) >= 11 is 1.55. The monoisotopic (exact) mass is 294 g/mol. The van der Waals surface area contributed by atoms with Gasteiger partial charge in [-0.2, -0.15) is 4.98 Å². The van der Waals surface area contributed by atoms with Crippen LogP contribution in [-0.2, 0) is 4.74 Å². The predicted molar refractivity (Wildman–Crippen MR) is 80.1 cm³/mol. The Balaban J connectivity index is 2.03. The van der Waals surface area contributed by atoms with E-state index in [1.54, 1.807) is 11.3 Å². The van der Waals surface area contributed by atoms with Crippen molar-refractivity contribution in [2.45, 2.75) is 25.6 Å². The molecule has 108 valence electrons. The first-order chi connectivity index (χ1) is 9.48. The third-order valence-corrected chi connectivity index (χ3v) is 4.11. The maximum atomic E-state index is 9.41. The molecule has 0 saturated carbocycles. The maximum Gasteiger partial charge on any atom is 0.223 e. The van der Waals surface area contributed by atoms with Gasteiger partial charge in [0.1, 0.15) is 10.6 Å². The smallest absolute Gasteiger partial charge is 0.223 e. The second-order valence-corrected chi connectivity index (χ2v) is 6.50. The van der Waals surface area contributed by atoms with Gasteiger partial charge in [0.05, 0.1) is 23.7 Å². The fourth-order valence-corrected chi connectivity index (χ4v) is 3.41. The SMILES string of the molecule is CC1(C)CN(c2nc(N)nc3sccc23)CC(CO)O1. The zero-order valence-corrected chi connectivity index (χ0v) is 12.4. The standard InChI is InChI=1S/C13H18N4O2S/c1-13(2)7-17(5-8(6-18)19-13)10-9-3-4-20-11(9)16-12(14)15-10/h3-4,8,18H,5-7H2,1-2H3,(H2,14,15,16). The first kappa shape index (κ1) is 13.5. The van der Waals surface area contributed by atoms with E-state index in [1.807, 2.05) is 25.3 Å². The van der Waals surface area contributed by atoms with Crippen molar-refractivity contribution in [1.29, 1.82) is 0 Å². The molecule has 0 radical (unpaired) electrons. The molecule has 2 aromatic rings. The van der Waals surface area contributed by atoms with Gasteiger partial charge in [0, 0.05) is 13.1 Å². The highest BCUT2D eigenvalue weighted by Gasteiger charge is 2.34. The van der Waals surface area contributed by atoms with Crippen molar-refractivity contribution < 1.29 is 9.84 Å². The van der Waals surface area contributed by atoms with Gasteiger partial charge in [0.2, 0.25) is 5.95 Å². The molecule has 1 aliphatic heterocycles. The lowest BCUT2D eigenvalue weighted by Gasteiger charge is -2.43. The van der Waals surface area contributed by atoms with E-state index in [4.69, 9.17) is 10.5 Å². The summed E-state index contributed by atoms with van der Waals surface area (Å²) in [5.41, 5.74) is 5.46. The summed E-state index contributed by atoms with van der Waals surface area (Å²) in [6, 6.07) is 2.01. The van der Waals surface area contributed by atoms with Gasteiger partial charge in [0.15, 0.2) is 0 Å². The van der Waals surface area contributed by atoms with Crippen LogP contribution in [-0.4, -0.2) is 46.5 Å². The molecule has 1 unspecified atom stereocenters. The van der Waals surface area contributed by atoms with Crippen LogP contribution in [0.2, 0.25) is 0 Å². The Kier molecular flexibility index (Phi) is 3.27. The van der Waals surface area contributed by atoms with Crippen LogP contribution in [0.3, 0.4) is 0 Å². The quantitative estimate of drug-likeness (QED) is 0.867. The number of aliphatic hydroxyl groups is 1. The van der Waals surface area contributed by atoms with Gasteiger partial charge in [-0.25, -0.2) is 4.98 Å². The Hall–Kier alpha value is -1.44. The molecule has 0 amide bonds. The van der Waals surface area contributed by atoms with E-state index in [1.165, 1.54) is 0 Å². The van der Waals surface area contributed by atoms with E-state index in [2.05, 4.69) is 14.9 Å². The van der Waals surface area contributed by atoms with E-state index in [-0.39, 0.29) is 24.3 Å². The number of nitrogens with zero attached hydrogens (tertiary/aromatic N) is 3. The van der Waals surface area contributed by atoms with Gasteiger partial charge < -0.3 is 20.5 Å². The average molecular weight is 294 g/mol. The molecule has 3 heterocycles. The van der Waals surface area contributed by atoms with E-state index >= 15 is 0 Å². The lowest BCUT2D eigenvalue weighted by atomic mass is 10.1. The summed E-state index contributed by atoms with van der Waals surface area (Å²) in [5, 5.41) is 12.4. The van der Waals surface area contributed by atoms with Crippen molar-refractivity contribution in [2.24, 2.45) is 0 Å². The summed E-state index contributed by atoms with van der Waals surface area (Å²) < 4.78 is 5.83. The number of rotatable bonds is 2. The van der Waals surface area contributed by atoms with E-state index in [0.717, 1.165) is 16.0 Å². The molecule has 0 aromatic carbocycles. The second kappa shape index (κ2) is 4.83. The third kappa shape index (κ3) is 2.44. The zero-order valence-electron chi connectivity index (χ0n) is 11.5. The molecule has 2 aromatic heterocycles. The topological polar surface area (TPSA) is 84.5 Å². The Morgan fingerprint density at radius 2 is 2.35 bits per heavy atom. The van der Waals surface area contributed by atoms with Gasteiger partial charge in [-0.3, -0.25) is 0 Å². The third-order valence-electron chi connectivity index (χ3n) is 3.31. The molecule has 0 spiro atoms. The van der Waals surface area contributed by atoms with Crippen LogP contribution < -0.4 is 10.6 Å². The number of nitrogens with two attached hydrogens (primary N) is 1. The van der Waals surface area contributed by atoms with E-state index in [9.17, 15) is 5.11 Å². The molecule has 3 rings (SSSR count). The lowest BCUT2D eigenvalue weighted by Crippen LogP contribution is -2.54. The number of aliphatic hydroxyl groups excluding tert-OH is 1. The largest absolute Gasteiger partial charge is 0.394 e. The number of anilines is 2. The lowest BCUT2D eigenvalue weighted by molar-refractivity contribution is -0.101. The van der Waals surface area contributed by atoms with Crippen LogP contribution >= 0.6 is 11.3 Å². The van der Waals surface area contributed by atoms with Crippen molar-refractivity contribution in [3.8, 4) is 0 Å². The Morgan fingerprint density at radius 1 is 1.55 bits per heavy atom. The highest BCUT2D eigenvalue weighted by atomic mass is 32.1. The number of fused-ring (bicyclic) bond motifs is 1. The summed E-state index contributed by atoms with van der Waals surface area (Å²) in [4.78, 5) is 11.6. The van der Waals surface area contributed by atoms with Crippen molar-refractivity contribution in [1.82, 2.24) is 9.97 Å². The first-order valence-electron chi connectivity index (χ1n) is 6.53. The number of ether oxygens (including phenoxy) is 1. The van der Waals surface area contributed by atoms with Crippen LogP contribution in [0.4, 0.5) is 11.8 Å². The molecule has 0 aliphatic carbocycles. The van der Waals surface area contributed by atoms with Gasteiger partial charge in [0.25, 0.3) is 0 Å². The fraction of sp³-hybridized carbons (Fsp3) is 0.538. The Labute approximate surface area is 121 Å². The van der Waals surface area contributed by atoms with Crippen molar-refractivity contribution in [3.05, 3.63) is 11.4 Å². The highest BCUT2D eigenvalue weighted by molar-refractivity contribution is 7.16. The first-order valence-corrected chi connectivity index (χ1v) is 7.41. The van der Waals surface area contributed by atoms with Gasteiger partial charge >= 0.3 is 0 Å². The number of hydrogen-bond acceptors (Lipinski definition) is 7. The Morgan fingerprint density at radius 3 is 3.10 bits per heavy atom. The number of nitrogen functional groups attached to an aromatic ring is 1. The van der Waals surface area contributed by atoms with Crippen LogP contribution in [0.15, 0.2) is 11.4 Å². The number of hydrogen-bond donors (Lipinski definition) is 2. The van der Waals surface area contributed by atoms with Crippen LogP contribution in [0.25, 0.3) is 10.2 Å². The zero-order chi connectivity index (χ0) is 14.3. The molecule has 1 aliphatic rings. The minimum atomic E-state index is -0.340. The summed E-state index contributed by atoms with van der Waals surface area (Å²) in [6.07, 6.45) is -0.219. The molecule has 1 saturated heterocycles. The second-order valence-electron chi connectivity index (χ2n) is 5.61. The van der Waals surface area contributed by atoms with Gasteiger partial charge in [-0.05, 0) is 25.3 Å². The molecule has 0 bridgehead atoms. The Bertz CT molecular complexity index is 628.